The van der Waals surface area contributed by atoms with Gasteiger partial charge in [-0.2, -0.15) is 5.26 Å². The average molecular weight is 258 g/mol. The molecule has 0 radical (unpaired) electrons. The van der Waals surface area contributed by atoms with Crippen LogP contribution in [0.2, 0.25) is 0 Å². The Kier molecular flexibility index (Phi) is 5.64. The molecule has 1 aliphatic rings. The van der Waals surface area contributed by atoms with Gasteiger partial charge in [0.25, 0.3) is 0 Å². The number of nitrogens with one attached hydrogen (secondary N) is 2. The van der Waals surface area contributed by atoms with Gasteiger partial charge < -0.3 is 10.6 Å². The minimum absolute atomic E-state index is 0.460. The fourth-order valence-electron chi connectivity index (χ4n) is 2.55. The Labute approximate surface area is 115 Å². The monoisotopic (exact) mass is 258 g/mol. The van der Waals surface area contributed by atoms with Gasteiger partial charge in [-0.25, -0.2) is 4.98 Å². The highest BCUT2D eigenvalue weighted by Gasteiger charge is 2.10. The van der Waals surface area contributed by atoms with Crippen molar-refractivity contribution in [1.29, 1.82) is 5.26 Å². The molecule has 0 atom stereocenters. The minimum atomic E-state index is 0.460. The fraction of sp³-hybridized carbons (Fsp3) is 0.600. The number of hydrogen-bond acceptors (Lipinski definition) is 4. The molecule has 1 saturated carbocycles. The van der Waals surface area contributed by atoms with E-state index in [1.165, 1.54) is 38.5 Å². The highest BCUT2D eigenvalue weighted by atomic mass is 15.0. The first-order chi connectivity index (χ1) is 9.38. The number of hydrogen-bond donors (Lipinski definition) is 2. The van der Waals surface area contributed by atoms with Crippen molar-refractivity contribution in [2.24, 2.45) is 0 Å². The predicted molar refractivity (Wildman–Crippen MR) is 76.9 cm³/mol. The van der Waals surface area contributed by atoms with Gasteiger partial charge >= 0.3 is 0 Å². The van der Waals surface area contributed by atoms with Crippen LogP contribution in [0.25, 0.3) is 0 Å². The topological polar surface area (TPSA) is 60.7 Å². The fourth-order valence-corrected chi connectivity index (χ4v) is 2.55. The molecule has 0 aliphatic heterocycles. The van der Waals surface area contributed by atoms with Crippen LogP contribution in [0.5, 0.6) is 0 Å². The molecule has 0 saturated heterocycles. The third-order valence-electron chi connectivity index (χ3n) is 3.58. The lowest BCUT2D eigenvalue weighted by atomic mass is 10.1. The number of pyridine rings is 1. The number of nitriles is 1. The number of nitrogens with zero attached hydrogens (tertiary/aromatic N) is 2. The summed E-state index contributed by atoms with van der Waals surface area (Å²) in [6.07, 6.45) is 8.11. The highest BCUT2D eigenvalue weighted by molar-refractivity contribution is 5.38. The molecule has 1 heterocycles. The van der Waals surface area contributed by atoms with Crippen LogP contribution >= 0.6 is 0 Å². The Balaban J connectivity index is 1.67. The second kappa shape index (κ2) is 7.75. The van der Waals surface area contributed by atoms with E-state index in [0.717, 1.165) is 18.9 Å². The zero-order valence-electron chi connectivity index (χ0n) is 11.4. The van der Waals surface area contributed by atoms with E-state index in [1.807, 2.05) is 18.2 Å². The summed E-state index contributed by atoms with van der Waals surface area (Å²) in [4.78, 5) is 4.19. The van der Waals surface area contributed by atoms with E-state index in [9.17, 15) is 0 Å². The highest BCUT2D eigenvalue weighted by Crippen LogP contribution is 2.16. The molecule has 4 nitrogen and oxygen atoms in total. The average Bonchev–Trinajstić information content (AvgIpc) is 2.72. The van der Waals surface area contributed by atoms with Crippen molar-refractivity contribution < 1.29 is 0 Å². The van der Waals surface area contributed by atoms with Crippen LogP contribution in [-0.4, -0.2) is 24.1 Å². The maximum Gasteiger partial charge on any atom is 0.142 e. The van der Waals surface area contributed by atoms with Crippen molar-refractivity contribution in [3.63, 3.8) is 0 Å². The molecule has 0 spiro atoms. The van der Waals surface area contributed by atoms with Crippen molar-refractivity contribution in [2.45, 2.75) is 44.6 Å². The SMILES string of the molecule is N#Cc1cccc(NCCNC2CCCCCC2)n1. The van der Waals surface area contributed by atoms with Gasteiger partial charge in [0.2, 0.25) is 0 Å². The summed E-state index contributed by atoms with van der Waals surface area (Å²) in [5, 5.41) is 15.6. The second-order valence-corrected chi connectivity index (χ2v) is 5.09. The van der Waals surface area contributed by atoms with E-state index in [2.05, 4.69) is 15.6 Å². The lowest BCUT2D eigenvalue weighted by Crippen LogP contribution is -2.32. The molecule has 102 valence electrons. The van der Waals surface area contributed by atoms with Crippen LogP contribution in [0.15, 0.2) is 18.2 Å². The molecular formula is C15H22N4. The quantitative estimate of drug-likeness (QED) is 0.629. The third-order valence-corrected chi connectivity index (χ3v) is 3.58. The first-order valence-electron chi connectivity index (χ1n) is 7.23. The number of rotatable bonds is 5. The summed E-state index contributed by atoms with van der Waals surface area (Å²) >= 11 is 0. The van der Waals surface area contributed by atoms with Gasteiger partial charge in [-0.1, -0.05) is 31.7 Å². The van der Waals surface area contributed by atoms with Crippen LogP contribution in [0.1, 0.15) is 44.2 Å². The number of anilines is 1. The standard InChI is InChI=1S/C15H22N4/c16-12-14-8-5-9-15(19-14)18-11-10-17-13-6-3-1-2-4-7-13/h5,8-9,13,17H,1-4,6-7,10-11H2,(H,18,19). The van der Waals surface area contributed by atoms with Gasteiger partial charge in [0.1, 0.15) is 17.6 Å². The van der Waals surface area contributed by atoms with Crippen molar-refractivity contribution >= 4 is 5.82 Å². The summed E-state index contributed by atoms with van der Waals surface area (Å²) in [5.74, 6) is 0.779. The normalized spacial score (nSPS) is 16.6. The van der Waals surface area contributed by atoms with Gasteiger partial charge in [-0.15, -0.1) is 0 Å². The van der Waals surface area contributed by atoms with E-state index in [-0.39, 0.29) is 0 Å². The van der Waals surface area contributed by atoms with Crippen molar-refractivity contribution in [2.75, 3.05) is 18.4 Å². The molecule has 1 fully saturated rings. The maximum absolute atomic E-state index is 8.78. The van der Waals surface area contributed by atoms with Crippen LogP contribution in [0, 0.1) is 11.3 Å². The third kappa shape index (κ3) is 4.88. The first kappa shape index (κ1) is 13.8. The molecule has 4 heteroatoms. The molecule has 0 unspecified atom stereocenters. The van der Waals surface area contributed by atoms with Crippen LogP contribution in [-0.2, 0) is 0 Å². The van der Waals surface area contributed by atoms with E-state index < -0.39 is 0 Å². The Morgan fingerprint density at radius 3 is 2.68 bits per heavy atom. The van der Waals surface area contributed by atoms with Crippen molar-refractivity contribution in [1.82, 2.24) is 10.3 Å². The van der Waals surface area contributed by atoms with E-state index in [1.54, 1.807) is 6.07 Å². The van der Waals surface area contributed by atoms with E-state index in [0.29, 0.717) is 11.7 Å². The molecule has 2 N–H and O–H groups in total. The number of aromatic nitrogens is 1. The molecule has 1 aromatic rings. The lowest BCUT2D eigenvalue weighted by Gasteiger charge is -2.16. The Morgan fingerprint density at radius 2 is 1.95 bits per heavy atom. The van der Waals surface area contributed by atoms with Gasteiger partial charge in [0.15, 0.2) is 0 Å². The summed E-state index contributed by atoms with van der Waals surface area (Å²) in [7, 11) is 0. The summed E-state index contributed by atoms with van der Waals surface area (Å²) < 4.78 is 0. The van der Waals surface area contributed by atoms with Gasteiger partial charge in [-0.3, -0.25) is 0 Å². The largest absolute Gasteiger partial charge is 0.369 e. The van der Waals surface area contributed by atoms with Gasteiger partial charge in [-0.05, 0) is 25.0 Å². The molecule has 1 aliphatic carbocycles. The zero-order valence-corrected chi connectivity index (χ0v) is 11.4. The summed E-state index contributed by atoms with van der Waals surface area (Å²) in [6, 6.07) is 8.20. The van der Waals surface area contributed by atoms with Crippen LogP contribution in [0.3, 0.4) is 0 Å². The minimum Gasteiger partial charge on any atom is -0.369 e. The Bertz CT molecular complexity index is 416. The molecule has 0 aromatic carbocycles. The molecule has 19 heavy (non-hydrogen) atoms. The van der Waals surface area contributed by atoms with Crippen molar-refractivity contribution in [3.8, 4) is 6.07 Å². The van der Waals surface area contributed by atoms with Crippen molar-refractivity contribution in [3.05, 3.63) is 23.9 Å². The molecule has 0 amide bonds. The Hall–Kier alpha value is -1.60. The lowest BCUT2D eigenvalue weighted by molar-refractivity contribution is 0.468. The maximum atomic E-state index is 8.78. The van der Waals surface area contributed by atoms with Gasteiger partial charge in [0.05, 0.1) is 0 Å². The van der Waals surface area contributed by atoms with E-state index in [4.69, 9.17) is 5.26 Å². The van der Waals surface area contributed by atoms with Gasteiger partial charge in [0, 0.05) is 19.1 Å². The first-order valence-corrected chi connectivity index (χ1v) is 7.23. The molecular weight excluding hydrogens is 236 g/mol. The molecule has 0 bridgehead atoms. The van der Waals surface area contributed by atoms with Crippen LogP contribution in [0.4, 0.5) is 5.82 Å². The zero-order chi connectivity index (χ0) is 13.3. The smallest absolute Gasteiger partial charge is 0.142 e. The second-order valence-electron chi connectivity index (χ2n) is 5.09. The van der Waals surface area contributed by atoms with E-state index >= 15 is 0 Å². The Morgan fingerprint density at radius 1 is 1.16 bits per heavy atom. The van der Waals surface area contributed by atoms with Crippen LogP contribution < -0.4 is 10.6 Å². The summed E-state index contributed by atoms with van der Waals surface area (Å²) in [6.45, 7) is 1.79. The molecule has 2 rings (SSSR count). The summed E-state index contributed by atoms with van der Waals surface area (Å²) in [5.41, 5.74) is 0.460. The molecule has 1 aromatic heterocycles. The predicted octanol–water partition coefficient (Wildman–Crippen LogP) is 2.68.